The van der Waals surface area contributed by atoms with Crippen molar-refractivity contribution >= 4 is 28.6 Å². The maximum absolute atomic E-state index is 13.1. The van der Waals surface area contributed by atoms with Gasteiger partial charge in [-0.25, -0.2) is 0 Å². The molecule has 0 saturated heterocycles. The summed E-state index contributed by atoms with van der Waals surface area (Å²) >= 11 is 1.54. The van der Waals surface area contributed by atoms with Gasteiger partial charge in [0.2, 0.25) is 12.7 Å². The van der Waals surface area contributed by atoms with Crippen molar-refractivity contribution < 1.29 is 14.3 Å². The summed E-state index contributed by atoms with van der Waals surface area (Å²) in [4.78, 5) is 27.3. The van der Waals surface area contributed by atoms with E-state index in [4.69, 9.17) is 9.47 Å². The summed E-state index contributed by atoms with van der Waals surface area (Å²) in [6.45, 7) is 2.95. The molecule has 4 rings (SSSR count). The van der Waals surface area contributed by atoms with Crippen LogP contribution in [0.5, 0.6) is 11.5 Å². The highest BCUT2D eigenvalue weighted by molar-refractivity contribution is 7.11. The number of carbonyl (C=O) groups is 1. The number of hydrogen-bond acceptors (Lipinski definition) is 6. The molecule has 2 aliphatic rings. The molecule has 0 fully saturated rings. The number of anilines is 1. The van der Waals surface area contributed by atoms with Crippen LogP contribution in [0.15, 0.2) is 28.8 Å². The molecule has 6 nitrogen and oxygen atoms in total. The fraction of sp³-hybridized carbons (Fsp3) is 0.389. The molecule has 1 aromatic carbocycles. The first kappa shape index (κ1) is 16.1. The molecule has 1 aromatic heterocycles. The van der Waals surface area contributed by atoms with Gasteiger partial charge in [0.25, 0.3) is 0 Å². The second kappa shape index (κ2) is 6.48. The normalized spacial score (nSPS) is 17.9. The van der Waals surface area contributed by atoms with E-state index in [9.17, 15) is 9.70 Å². The molecule has 2 aromatic rings. The molecule has 0 bridgehead atoms. The minimum atomic E-state index is -0.501. The lowest BCUT2D eigenvalue weighted by atomic mass is 9.96. The number of rotatable bonds is 6. The zero-order valence-electron chi connectivity index (χ0n) is 13.9. The molecule has 3 heterocycles. The first-order chi connectivity index (χ1) is 12.2. The Morgan fingerprint density at radius 3 is 2.84 bits per heavy atom. The number of hydrogen-bond donors (Lipinski definition) is 0. The summed E-state index contributed by atoms with van der Waals surface area (Å²) in [6, 6.07) is 5.26. The van der Waals surface area contributed by atoms with Crippen molar-refractivity contribution in [3.05, 3.63) is 38.9 Å². The number of carbonyl (C=O) groups excluding carboxylic acids is 1. The quantitative estimate of drug-likeness (QED) is 0.561. The maximum Gasteiger partial charge on any atom is 0.240 e. The van der Waals surface area contributed by atoms with Gasteiger partial charge in [-0.1, -0.05) is 19.8 Å². The van der Waals surface area contributed by atoms with E-state index in [-0.39, 0.29) is 18.4 Å². The Labute approximate surface area is 149 Å². The van der Waals surface area contributed by atoms with Crippen LogP contribution in [0, 0.1) is 4.91 Å². The largest absolute Gasteiger partial charge is 0.454 e. The van der Waals surface area contributed by atoms with E-state index in [2.05, 4.69) is 12.1 Å². The smallest absolute Gasteiger partial charge is 0.240 e. The van der Waals surface area contributed by atoms with Crippen LogP contribution in [0.25, 0.3) is 0 Å². The molecule has 7 heteroatoms. The second-order valence-corrected chi connectivity index (χ2v) is 7.10. The highest BCUT2D eigenvalue weighted by Crippen LogP contribution is 2.49. The van der Waals surface area contributed by atoms with Crippen LogP contribution in [0.4, 0.5) is 11.4 Å². The lowest BCUT2D eigenvalue weighted by Crippen LogP contribution is -2.30. The molecule has 130 valence electrons. The number of fused-ring (bicyclic) bond motifs is 2. The molecule has 0 saturated carbocycles. The zero-order valence-corrected chi connectivity index (χ0v) is 14.7. The highest BCUT2D eigenvalue weighted by Gasteiger charge is 2.41. The third-order valence-corrected chi connectivity index (χ3v) is 5.63. The highest BCUT2D eigenvalue weighted by atomic mass is 32.1. The van der Waals surface area contributed by atoms with Crippen molar-refractivity contribution in [2.45, 2.75) is 32.1 Å². The van der Waals surface area contributed by atoms with Crippen molar-refractivity contribution in [1.82, 2.24) is 0 Å². The van der Waals surface area contributed by atoms with Gasteiger partial charge in [0.15, 0.2) is 11.5 Å². The number of amides is 1. The standard InChI is InChI=1S/C18H18N2O4S/c1-2-3-4-6-20-13-5-7-25-17(13)16(18(20)21)11-8-14-15(24-10-23-14)9-12(11)19-22/h5,7-9,16H,2-4,6,10H2,1H3. The van der Waals surface area contributed by atoms with Crippen molar-refractivity contribution in [2.24, 2.45) is 5.18 Å². The maximum atomic E-state index is 13.1. The Kier molecular flexibility index (Phi) is 4.17. The van der Waals surface area contributed by atoms with Crippen molar-refractivity contribution in [1.29, 1.82) is 0 Å². The Bertz CT molecular complexity index is 832. The molecule has 1 amide bonds. The van der Waals surface area contributed by atoms with Gasteiger partial charge in [-0.3, -0.25) is 4.79 Å². The lowest BCUT2D eigenvalue weighted by Gasteiger charge is -2.18. The summed E-state index contributed by atoms with van der Waals surface area (Å²) in [6.07, 6.45) is 3.15. The van der Waals surface area contributed by atoms with Crippen molar-refractivity contribution in [2.75, 3.05) is 18.2 Å². The van der Waals surface area contributed by atoms with Gasteiger partial charge in [-0.15, -0.1) is 16.2 Å². The fourth-order valence-corrected chi connectivity index (χ4v) is 4.43. The molecule has 25 heavy (non-hydrogen) atoms. The molecule has 0 radical (unpaired) electrons. The van der Waals surface area contributed by atoms with Crippen LogP contribution < -0.4 is 14.4 Å². The van der Waals surface area contributed by atoms with Gasteiger partial charge in [0.05, 0.1) is 5.69 Å². The monoisotopic (exact) mass is 358 g/mol. The average molecular weight is 358 g/mol. The van der Waals surface area contributed by atoms with Gasteiger partial charge >= 0.3 is 0 Å². The third-order valence-electron chi connectivity index (χ3n) is 4.66. The summed E-state index contributed by atoms with van der Waals surface area (Å²) < 4.78 is 10.7. The van der Waals surface area contributed by atoms with E-state index in [0.717, 1.165) is 29.8 Å². The molecular formula is C18H18N2O4S. The van der Waals surface area contributed by atoms with E-state index >= 15 is 0 Å². The van der Waals surface area contributed by atoms with Gasteiger partial charge in [0, 0.05) is 23.1 Å². The summed E-state index contributed by atoms with van der Waals surface area (Å²) in [5.41, 5.74) is 1.77. The Balaban J connectivity index is 1.74. The van der Waals surface area contributed by atoms with Crippen molar-refractivity contribution in [3.63, 3.8) is 0 Å². The minimum Gasteiger partial charge on any atom is -0.454 e. The van der Waals surface area contributed by atoms with E-state index in [1.807, 2.05) is 16.3 Å². The Hall–Kier alpha value is -2.41. The van der Waals surface area contributed by atoms with Gasteiger partial charge in [0.1, 0.15) is 11.6 Å². The number of thiophene rings is 1. The predicted molar refractivity (Wildman–Crippen MR) is 96.1 cm³/mol. The molecule has 0 aliphatic carbocycles. The summed E-state index contributed by atoms with van der Waals surface area (Å²) in [5.74, 6) is 0.549. The first-order valence-electron chi connectivity index (χ1n) is 8.40. The molecule has 0 N–H and O–H groups in total. The number of benzene rings is 1. The van der Waals surface area contributed by atoms with Crippen LogP contribution in [0.3, 0.4) is 0 Å². The predicted octanol–water partition coefficient (Wildman–Crippen LogP) is 4.54. The zero-order chi connectivity index (χ0) is 17.4. The SMILES string of the molecule is CCCCCN1C(=O)C(c2cc3c(cc2N=O)OCO3)c2sccc21. The van der Waals surface area contributed by atoms with Gasteiger partial charge in [-0.05, 0) is 29.1 Å². The molecule has 1 unspecified atom stereocenters. The molecular weight excluding hydrogens is 340 g/mol. The molecule has 0 spiro atoms. The summed E-state index contributed by atoms with van der Waals surface area (Å²) in [7, 11) is 0. The number of nitrogens with zero attached hydrogens (tertiary/aromatic N) is 2. The Morgan fingerprint density at radius 1 is 1.28 bits per heavy atom. The second-order valence-electron chi connectivity index (χ2n) is 6.16. The van der Waals surface area contributed by atoms with E-state index in [0.29, 0.717) is 23.6 Å². The average Bonchev–Trinajstić information content (AvgIpc) is 3.31. The number of nitroso groups, excluding NO2 is 1. The van der Waals surface area contributed by atoms with E-state index < -0.39 is 5.92 Å². The van der Waals surface area contributed by atoms with Crippen LogP contribution in [-0.4, -0.2) is 19.2 Å². The number of unbranched alkanes of at least 4 members (excludes halogenated alkanes) is 2. The topological polar surface area (TPSA) is 68.2 Å². The van der Waals surface area contributed by atoms with Crippen LogP contribution in [-0.2, 0) is 4.79 Å². The minimum absolute atomic E-state index is 0.00159. The first-order valence-corrected chi connectivity index (χ1v) is 9.28. The van der Waals surface area contributed by atoms with Crippen molar-refractivity contribution in [3.8, 4) is 11.5 Å². The lowest BCUT2D eigenvalue weighted by molar-refractivity contribution is -0.118. The van der Waals surface area contributed by atoms with Gasteiger partial charge < -0.3 is 14.4 Å². The van der Waals surface area contributed by atoms with Crippen LogP contribution in [0.2, 0.25) is 0 Å². The van der Waals surface area contributed by atoms with E-state index in [1.165, 1.54) is 11.3 Å². The fourth-order valence-electron chi connectivity index (χ4n) is 3.42. The molecule has 1 atom stereocenters. The molecule has 2 aliphatic heterocycles. The van der Waals surface area contributed by atoms with Crippen LogP contribution in [0.1, 0.15) is 42.5 Å². The summed E-state index contributed by atoms with van der Waals surface area (Å²) in [5, 5.41) is 5.12. The third kappa shape index (κ3) is 2.59. The van der Waals surface area contributed by atoms with Gasteiger partial charge in [-0.2, -0.15) is 0 Å². The Morgan fingerprint density at radius 2 is 2.08 bits per heavy atom. The van der Waals surface area contributed by atoms with E-state index in [1.54, 1.807) is 12.1 Å². The number of ether oxygens (including phenoxy) is 2. The van der Waals surface area contributed by atoms with Crippen LogP contribution >= 0.6 is 11.3 Å².